The van der Waals surface area contributed by atoms with Gasteiger partial charge in [-0.2, -0.15) is 0 Å². The van der Waals surface area contributed by atoms with Gasteiger partial charge >= 0.3 is 0 Å². The van der Waals surface area contributed by atoms with Crippen LogP contribution in [0.1, 0.15) is 86.0 Å². The fourth-order valence-electron chi connectivity index (χ4n) is 4.91. The van der Waals surface area contributed by atoms with Crippen LogP contribution in [0.25, 0.3) is 11.0 Å². The number of nitrogens with zero attached hydrogens (tertiary/aromatic N) is 3. The maximum Gasteiger partial charge on any atom is 0.255 e. The highest BCUT2D eigenvalue weighted by Gasteiger charge is 2.33. The number of carbonyl (C=O) groups excluding carboxylic acids is 3. The third kappa shape index (κ3) is 7.13. The maximum absolute atomic E-state index is 13.4. The fraction of sp³-hybridized carbons (Fsp3) is 0.448. The van der Waals surface area contributed by atoms with E-state index in [1.165, 1.54) is 11.1 Å². The molecule has 3 aromatic rings. The van der Waals surface area contributed by atoms with Crippen molar-refractivity contribution >= 4 is 52.5 Å². The van der Waals surface area contributed by atoms with Gasteiger partial charge in [0.1, 0.15) is 5.82 Å². The molecule has 0 aliphatic carbocycles. The van der Waals surface area contributed by atoms with Crippen LogP contribution in [0.5, 0.6) is 0 Å². The molecule has 9 nitrogen and oxygen atoms in total. The molecule has 0 saturated carbocycles. The number of H-pyrrole nitrogens is 1. The van der Waals surface area contributed by atoms with Crippen molar-refractivity contribution in [3.63, 3.8) is 0 Å². The number of aromatic amines is 1. The van der Waals surface area contributed by atoms with Crippen LogP contribution in [0.15, 0.2) is 36.4 Å². The molecule has 214 valence electrons. The standard InChI is InChI=1S/C29H35Cl2N5O4/c1-5-7-24(26-32-23-12-10-19(30)15-25(23)33-26)34-27(38)18-9-11-21(22(31)14-18)28(39)36-13-6-8-20(36)16-35(17-37)40-29(2,3)4/h9-12,14-15,17,20,24H,5-8,13,16H2,1-4H3,(H,32,33)(H,34,38)/t20-,24-/m0/s1. The molecule has 0 unspecified atom stereocenters. The summed E-state index contributed by atoms with van der Waals surface area (Å²) < 4.78 is 0. The van der Waals surface area contributed by atoms with E-state index in [9.17, 15) is 14.4 Å². The Morgan fingerprint density at radius 2 is 2.02 bits per heavy atom. The monoisotopic (exact) mass is 587 g/mol. The molecule has 2 atom stereocenters. The van der Waals surface area contributed by atoms with Crippen LogP contribution < -0.4 is 5.32 Å². The highest BCUT2D eigenvalue weighted by atomic mass is 35.5. The van der Waals surface area contributed by atoms with Crippen molar-refractivity contribution in [1.29, 1.82) is 0 Å². The van der Waals surface area contributed by atoms with Gasteiger partial charge < -0.3 is 15.2 Å². The Kier molecular flexibility index (Phi) is 9.38. The molecule has 2 N–H and O–H groups in total. The van der Waals surface area contributed by atoms with Crippen molar-refractivity contribution < 1.29 is 19.2 Å². The van der Waals surface area contributed by atoms with Crippen LogP contribution in [0.3, 0.4) is 0 Å². The lowest BCUT2D eigenvalue weighted by Gasteiger charge is -2.32. The molecule has 4 rings (SSSR count). The van der Waals surface area contributed by atoms with E-state index >= 15 is 0 Å². The largest absolute Gasteiger partial charge is 0.342 e. The lowest BCUT2D eigenvalue weighted by Crippen LogP contribution is -2.45. The first-order chi connectivity index (χ1) is 19.0. The zero-order valence-electron chi connectivity index (χ0n) is 23.2. The Hall–Kier alpha value is -3.14. The van der Waals surface area contributed by atoms with Crippen molar-refractivity contribution in [1.82, 2.24) is 25.2 Å². The number of hydrogen-bond acceptors (Lipinski definition) is 5. The van der Waals surface area contributed by atoms with E-state index in [-0.39, 0.29) is 35.5 Å². The number of nitrogens with one attached hydrogen (secondary N) is 2. The summed E-state index contributed by atoms with van der Waals surface area (Å²) in [5.41, 5.74) is 1.67. The molecule has 0 bridgehead atoms. The summed E-state index contributed by atoms with van der Waals surface area (Å²) in [5.74, 6) is 0.0777. The number of hydroxylamine groups is 2. The zero-order chi connectivity index (χ0) is 29.0. The van der Waals surface area contributed by atoms with E-state index in [1.54, 1.807) is 29.2 Å². The van der Waals surface area contributed by atoms with Gasteiger partial charge in [-0.1, -0.05) is 36.5 Å². The molecular weight excluding hydrogens is 553 g/mol. The van der Waals surface area contributed by atoms with Crippen LogP contribution in [-0.4, -0.2) is 62.9 Å². The first kappa shape index (κ1) is 29.8. The second-order valence-corrected chi connectivity index (χ2v) is 11.8. The van der Waals surface area contributed by atoms with Crippen molar-refractivity contribution in [3.8, 4) is 0 Å². The van der Waals surface area contributed by atoms with E-state index in [1.807, 2.05) is 33.8 Å². The molecule has 2 aromatic carbocycles. The lowest BCUT2D eigenvalue weighted by molar-refractivity contribution is -0.219. The third-order valence-corrected chi connectivity index (χ3v) is 7.22. The molecule has 11 heteroatoms. The van der Waals surface area contributed by atoms with Crippen molar-refractivity contribution in [2.24, 2.45) is 0 Å². The van der Waals surface area contributed by atoms with Crippen molar-refractivity contribution in [2.75, 3.05) is 13.1 Å². The second-order valence-electron chi connectivity index (χ2n) is 11.0. The Morgan fingerprint density at radius 3 is 2.70 bits per heavy atom. The first-order valence-electron chi connectivity index (χ1n) is 13.5. The molecule has 1 aliphatic rings. The molecule has 1 saturated heterocycles. The van der Waals surface area contributed by atoms with Crippen LogP contribution in [0.2, 0.25) is 10.0 Å². The zero-order valence-corrected chi connectivity index (χ0v) is 24.7. The molecule has 40 heavy (non-hydrogen) atoms. The Morgan fingerprint density at radius 1 is 1.25 bits per heavy atom. The number of hydrogen-bond donors (Lipinski definition) is 2. The van der Waals surface area contributed by atoms with Gasteiger partial charge in [-0.15, -0.1) is 0 Å². The summed E-state index contributed by atoms with van der Waals surface area (Å²) in [4.78, 5) is 53.5. The average Bonchev–Trinajstić information content (AvgIpc) is 3.53. The number of imidazole rings is 1. The van der Waals surface area contributed by atoms with Gasteiger partial charge in [0.25, 0.3) is 11.8 Å². The minimum absolute atomic E-state index is 0.187. The summed E-state index contributed by atoms with van der Waals surface area (Å²) >= 11 is 12.6. The number of carbonyl (C=O) groups is 3. The number of rotatable bonds is 10. The topological polar surface area (TPSA) is 108 Å². The van der Waals surface area contributed by atoms with Gasteiger partial charge in [-0.05, 0) is 76.4 Å². The Labute approximate surface area is 244 Å². The number of fused-ring (bicyclic) bond motifs is 1. The average molecular weight is 589 g/mol. The van der Waals surface area contributed by atoms with E-state index in [0.717, 1.165) is 30.3 Å². The highest BCUT2D eigenvalue weighted by Crippen LogP contribution is 2.27. The maximum atomic E-state index is 13.4. The van der Waals surface area contributed by atoms with Crippen LogP contribution in [0, 0.1) is 0 Å². The molecule has 1 aliphatic heterocycles. The molecule has 2 heterocycles. The summed E-state index contributed by atoms with van der Waals surface area (Å²) in [6.45, 7) is 8.41. The van der Waals surface area contributed by atoms with E-state index in [2.05, 4.69) is 15.3 Å². The predicted molar refractivity (Wildman–Crippen MR) is 155 cm³/mol. The normalized spacial score (nSPS) is 16.2. The number of amides is 3. The number of aromatic nitrogens is 2. The van der Waals surface area contributed by atoms with Crippen LogP contribution >= 0.6 is 23.2 Å². The highest BCUT2D eigenvalue weighted by molar-refractivity contribution is 6.34. The van der Waals surface area contributed by atoms with Gasteiger partial charge in [-0.3, -0.25) is 19.2 Å². The smallest absolute Gasteiger partial charge is 0.255 e. The summed E-state index contributed by atoms with van der Waals surface area (Å²) in [6.07, 6.45) is 3.70. The Bertz CT molecular complexity index is 1390. The molecule has 0 radical (unpaired) electrons. The first-order valence-corrected chi connectivity index (χ1v) is 14.2. The van der Waals surface area contributed by atoms with Crippen molar-refractivity contribution in [3.05, 3.63) is 63.4 Å². The van der Waals surface area contributed by atoms with Gasteiger partial charge in [0.15, 0.2) is 0 Å². The number of likely N-dealkylation sites (tertiary alicyclic amines) is 1. The third-order valence-electron chi connectivity index (χ3n) is 6.68. The number of halogens is 2. The van der Waals surface area contributed by atoms with Crippen molar-refractivity contribution in [2.45, 2.75) is 71.1 Å². The molecule has 0 spiro atoms. The summed E-state index contributed by atoms with van der Waals surface area (Å²) in [6, 6.07) is 9.56. The fourth-order valence-corrected chi connectivity index (χ4v) is 5.34. The SMILES string of the molecule is CCC[C@H](NC(=O)c1ccc(C(=O)N2CCC[C@H]2CN(C=O)OC(C)(C)C)c(Cl)c1)c1nc2cc(Cl)ccc2[nH]1. The molecular formula is C29H35Cl2N5O4. The Balaban J connectivity index is 1.47. The van der Waals surface area contributed by atoms with E-state index in [0.29, 0.717) is 41.3 Å². The van der Waals surface area contributed by atoms with Crippen LogP contribution in [-0.2, 0) is 9.63 Å². The quantitative estimate of drug-likeness (QED) is 0.225. The van der Waals surface area contributed by atoms with Gasteiger partial charge in [0, 0.05) is 17.1 Å². The molecule has 1 aromatic heterocycles. The lowest BCUT2D eigenvalue weighted by atomic mass is 10.1. The van der Waals surface area contributed by atoms with Gasteiger partial charge in [0.05, 0.1) is 45.8 Å². The van der Waals surface area contributed by atoms with Gasteiger partial charge in [-0.25, -0.2) is 10.0 Å². The number of benzene rings is 2. The molecule has 3 amide bonds. The minimum atomic E-state index is -0.539. The molecule has 1 fully saturated rings. The summed E-state index contributed by atoms with van der Waals surface area (Å²) in [5, 5.41) is 5.06. The van der Waals surface area contributed by atoms with Gasteiger partial charge in [0.2, 0.25) is 6.41 Å². The second kappa shape index (κ2) is 12.6. The van der Waals surface area contributed by atoms with E-state index < -0.39 is 5.60 Å². The minimum Gasteiger partial charge on any atom is -0.342 e. The predicted octanol–water partition coefficient (Wildman–Crippen LogP) is 5.93. The summed E-state index contributed by atoms with van der Waals surface area (Å²) in [7, 11) is 0. The van der Waals surface area contributed by atoms with E-state index in [4.69, 9.17) is 28.0 Å². The van der Waals surface area contributed by atoms with Crippen LogP contribution in [0.4, 0.5) is 0 Å².